The summed E-state index contributed by atoms with van der Waals surface area (Å²) in [6, 6.07) is 5.86. The molecule has 0 amide bonds. The number of furan rings is 1. The summed E-state index contributed by atoms with van der Waals surface area (Å²) in [6.07, 6.45) is 7.97. The van der Waals surface area contributed by atoms with Crippen LogP contribution in [-0.2, 0) is 4.74 Å². The molecular weight excluding hydrogens is 602 g/mol. The number of rotatable bonds is 5. The van der Waals surface area contributed by atoms with E-state index in [0.717, 1.165) is 52.5 Å². The number of ether oxygens (including phenoxy) is 1. The molecule has 30 heavy (non-hydrogen) atoms. The predicted molar refractivity (Wildman–Crippen MR) is 116 cm³/mol. The van der Waals surface area contributed by atoms with Gasteiger partial charge in [0.2, 0.25) is 0 Å². The van der Waals surface area contributed by atoms with Crippen molar-refractivity contribution in [3.05, 3.63) is 73.2 Å². The third-order valence-electron chi connectivity index (χ3n) is 4.72. The van der Waals surface area contributed by atoms with Crippen LogP contribution in [0.2, 0.25) is 0 Å². The van der Waals surface area contributed by atoms with Crippen LogP contribution in [0, 0.1) is 38.0 Å². The Labute approximate surface area is 200 Å². The average Bonchev–Trinajstić information content (AvgIpc) is 3.33. The van der Waals surface area contributed by atoms with Crippen LogP contribution in [0.3, 0.4) is 0 Å². The molecule has 1 aliphatic heterocycles. The third kappa shape index (κ3) is 4.75. The molecule has 154 valence electrons. The summed E-state index contributed by atoms with van der Waals surface area (Å²) >= 11 is 0. The van der Waals surface area contributed by atoms with Crippen molar-refractivity contribution in [1.82, 2.24) is 14.8 Å². The van der Waals surface area contributed by atoms with Crippen molar-refractivity contribution in [2.75, 3.05) is 31.2 Å². The van der Waals surface area contributed by atoms with Gasteiger partial charge in [-0.15, -0.1) is 6.07 Å². The Morgan fingerprint density at radius 1 is 1.27 bits per heavy atom. The van der Waals surface area contributed by atoms with Gasteiger partial charge >= 0.3 is 0 Å². The largest absolute Gasteiger partial charge is 0.492 e. The summed E-state index contributed by atoms with van der Waals surface area (Å²) in [5.41, 5.74) is 5.37. The zero-order valence-corrected chi connectivity index (χ0v) is 21.6. The van der Waals surface area contributed by atoms with Crippen LogP contribution in [-0.4, -0.2) is 41.1 Å². The first kappa shape index (κ1) is 22.5. The number of morpholine rings is 1. The molecule has 0 N–H and O–H groups in total. The van der Waals surface area contributed by atoms with Crippen LogP contribution < -0.4 is 4.90 Å². The van der Waals surface area contributed by atoms with E-state index >= 15 is 0 Å². The van der Waals surface area contributed by atoms with E-state index in [1.54, 1.807) is 4.68 Å². The predicted octanol–water partition coefficient (Wildman–Crippen LogP) is 4.57. The zero-order valence-electron chi connectivity index (χ0n) is 17.4. The number of nitrogens with zero attached hydrogens (tertiary/aromatic N) is 4. The Kier molecular flexibility index (Phi) is 7.30. The summed E-state index contributed by atoms with van der Waals surface area (Å²) in [4.78, 5) is 7.02. The van der Waals surface area contributed by atoms with Crippen molar-refractivity contribution in [2.45, 2.75) is 13.8 Å². The SMILES string of the molecule is C=C(C)/C=C(\C=C/C)c1ccn(-c2cc(N3CCOCC3)c3oc([CH2-])cc3n2)n1.[U]. The number of pyridine rings is 1. The summed E-state index contributed by atoms with van der Waals surface area (Å²) in [5, 5.41) is 4.76. The standard InChI is InChI=1S/C23H25N4O2.U/c1-5-6-18(13-16(2)3)19-7-8-27(25-19)22-15-21(26-9-11-28-12-10-26)23-20(24-22)14-17(4)29-23;/h5-8,13-15H,2,4,9-12H2,1,3H3;/q-1;/b6-5-,18-13+;. The fourth-order valence-electron chi connectivity index (χ4n) is 3.46. The monoisotopic (exact) mass is 627 g/mol. The molecule has 4 heterocycles. The van der Waals surface area contributed by atoms with Gasteiger partial charge in [0.15, 0.2) is 11.4 Å². The van der Waals surface area contributed by atoms with Gasteiger partial charge in [-0.1, -0.05) is 30.4 Å². The first-order valence-electron chi connectivity index (χ1n) is 9.70. The molecule has 1 fully saturated rings. The van der Waals surface area contributed by atoms with E-state index in [4.69, 9.17) is 19.2 Å². The van der Waals surface area contributed by atoms with Crippen molar-refractivity contribution in [3.63, 3.8) is 0 Å². The van der Waals surface area contributed by atoms with E-state index in [2.05, 4.69) is 18.4 Å². The Morgan fingerprint density at radius 3 is 2.73 bits per heavy atom. The molecule has 0 aliphatic carbocycles. The van der Waals surface area contributed by atoms with Gasteiger partial charge in [0, 0.05) is 67.6 Å². The van der Waals surface area contributed by atoms with Crippen LogP contribution in [0.5, 0.6) is 0 Å². The Morgan fingerprint density at radius 2 is 2.03 bits per heavy atom. The van der Waals surface area contributed by atoms with Crippen molar-refractivity contribution in [3.8, 4) is 5.82 Å². The van der Waals surface area contributed by atoms with Crippen LogP contribution in [0.15, 0.2) is 59.2 Å². The molecule has 1 aliphatic rings. The second-order valence-corrected chi connectivity index (χ2v) is 7.12. The topological polar surface area (TPSA) is 56.3 Å². The molecule has 0 radical (unpaired) electrons. The summed E-state index contributed by atoms with van der Waals surface area (Å²) in [5.74, 6) is 1.33. The molecule has 6 nitrogen and oxygen atoms in total. The number of hydrogen-bond acceptors (Lipinski definition) is 5. The molecule has 0 saturated carbocycles. The smallest absolute Gasteiger partial charge is 0.154 e. The third-order valence-corrected chi connectivity index (χ3v) is 4.72. The molecule has 3 aromatic heterocycles. The minimum atomic E-state index is 0. The fourth-order valence-corrected chi connectivity index (χ4v) is 3.46. The molecule has 7 heteroatoms. The first-order valence-corrected chi connectivity index (χ1v) is 9.70. The Balaban J connectivity index is 0.00000256. The van der Waals surface area contributed by atoms with Crippen molar-refractivity contribution in [1.29, 1.82) is 0 Å². The summed E-state index contributed by atoms with van der Waals surface area (Å²) < 4.78 is 13.1. The molecule has 0 atom stereocenters. The minimum Gasteiger partial charge on any atom is -0.492 e. The number of aromatic nitrogens is 3. The quantitative estimate of drug-likeness (QED) is 0.307. The maximum Gasteiger partial charge on any atom is 0.154 e. The molecule has 0 aromatic carbocycles. The van der Waals surface area contributed by atoms with Crippen molar-refractivity contribution in [2.24, 2.45) is 0 Å². The normalized spacial score (nSPS) is 15.0. The fraction of sp³-hybridized carbons (Fsp3) is 0.261. The average molecular weight is 628 g/mol. The second kappa shape index (κ2) is 9.74. The van der Waals surface area contributed by atoms with Gasteiger partial charge < -0.3 is 14.1 Å². The van der Waals surface area contributed by atoms with Gasteiger partial charge in [0.25, 0.3) is 0 Å². The van der Waals surface area contributed by atoms with E-state index < -0.39 is 0 Å². The van der Waals surface area contributed by atoms with E-state index in [0.29, 0.717) is 19.0 Å². The molecule has 0 unspecified atom stereocenters. The zero-order chi connectivity index (χ0) is 20.4. The number of anilines is 1. The van der Waals surface area contributed by atoms with Crippen molar-refractivity contribution < 1.29 is 40.3 Å². The molecule has 0 bridgehead atoms. The van der Waals surface area contributed by atoms with Crippen LogP contribution in [0.1, 0.15) is 25.3 Å². The minimum absolute atomic E-state index is 0. The van der Waals surface area contributed by atoms with Gasteiger partial charge in [-0.3, -0.25) is 0 Å². The number of allylic oxidation sites excluding steroid dienone is 5. The van der Waals surface area contributed by atoms with Gasteiger partial charge in [0.05, 0.1) is 24.6 Å². The second-order valence-electron chi connectivity index (χ2n) is 7.12. The molecule has 0 spiro atoms. The summed E-state index contributed by atoms with van der Waals surface area (Å²) in [6.45, 7) is 14.9. The van der Waals surface area contributed by atoms with Crippen LogP contribution >= 0.6 is 0 Å². The van der Waals surface area contributed by atoms with E-state index in [-0.39, 0.29) is 31.1 Å². The molecule has 4 rings (SSSR count). The van der Waals surface area contributed by atoms with Crippen LogP contribution in [0.4, 0.5) is 5.69 Å². The van der Waals surface area contributed by atoms with Crippen molar-refractivity contribution >= 4 is 22.4 Å². The van der Waals surface area contributed by atoms with E-state index in [1.165, 1.54) is 0 Å². The van der Waals surface area contributed by atoms with E-state index in [9.17, 15) is 0 Å². The van der Waals surface area contributed by atoms with E-state index in [1.807, 2.05) is 56.5 Å². The first-order chi connectivity index (χ1) is 14.0. The maximum atomic E-state index is 5.85. The van der Waals surface area contributed by atoms with Gasteiger partial charge in [-0.05, 0) is 25.7 Å². The number of fused-ring (bicyclic) bond motifs is 1. The Bertz CT molecular complexity index is 1100. The molecular formula is C23H25N4O2U-. The molecule has 3 aromatic rings. The van der Waals surface area contributed by atoms with Gasteiger partial charge in [-0.2, -0.15) is 5.10 Å². The maximum absolute atomic E-state index is 5.85. The summed E-state index contributed by atoms with van der Waals surface area (Å²) in [7, 11) is 0. The van der Waals surface area contributed by atoms with Crippen LogP contribution in [0.25, 0.3) is 22.5 Å². The number of hydrogen-bond donors (Lipinski definition) is 0. The van der Waals surface area contributed by atoms with Gasteiger partial charge in [-0.25, -0.2) is 16.6 Å². The Hall–Kier alpha value is -2.20. The molecule has 1 saturated heterocycles. The van der Waals surface area contributed by atoms with Gasteiger partial charge in [0.1, 0.15) is 0 Å².